The van der Waals surface area contributed by atoms with Crippen molar-refractivity contribution in [1.82, 2.24) is 9.61 Å². The average molecular weight is 404 g/mol. The molecule has 0 aliphatic carbocycles. The Hall–Kier alpha value is -2.54. The molecule has 0 atom stereocenters. The SMILES string of the molecule is CCOC(=O)c1cnn2cc(Br)cc(NCc3ccc(OC)cc3)c12. The van der Waals surface area contributed by atoms with Gasteiger partial charge in [-0.3, -0.25) is 0 Å². The summed E-state index contributed by atoms with van der Waals surface area (Å²) in [7, 11) is 1.64. The van der Waals surface area contributed by atoms with Gasteiger partial charge in [0, 0.05) is 17.2 Å². The molecule has 0 aliphatic heterocycles. The van der Waals surface area contributed by atoms with E-state index in [4.69, 9.17) is 9.47 Å². The Labute approximate surface area is 153 Å². The van der Waals surface area contributed by atoms with Crippen molar-refractivity contribution in [2.45, 2.75) is 13.5 Å². The number of carbonyl (C=O) groups excluding carboxylic acids is 1. The molecule has 3 aromatic rings. The summed E-state index contributed by atoms with van der Waals surface area (Å²) in [5.74, 6) is 0.432. The van der Waals surface area contributed by atoms with Crippen LogP contribution < -0.4 is 10.1 Å². The van der Waals surface area contributed by atoms with Crippen molar-refractivity contribution in [3.8, 4) is 5.75 Å². The van der Waals surface area contributed by atoms with Crippen molar-refractivity contribution < 1.29 is 14.3 Å². The second kappa shape index (κ2) is 7.57. The molecule has 0 saturated heterocycles. The summed E-state index contributed by atoms with van der Waals surface area (Å²) in [5, 5.41) is 7.62. The fraction of sp³-hybridized carbons (Fsp3) is 0.222. The Bertz CT molecular complexity index is 890. The van der Waals surface area contributed by atoms with E-state index in [1.54, 1.807) is 24.7 Å². The van der Waals surface area contributed by atoms with Crippen molar-refractivity contribution in [2.24, 2.45) is 0 Å². The van der Waals surface area contributed by atoms with E-state index in [1.807, 2.05) is 30.3 Å². The van der Waals surface area contributed by atoms with Crippen molar-refractivity contribution >= 4 is 33.1 Å². The highest BCUT2D eigenvalue weighted by atomic mass is 79.9. The van der Waals surface area contributed by atoms with Crippen LogP contribution >= 0.6 is 15.9 Å². The maximum Gasteiger partial charge on any atom is 0.342 e. The molecule has 130 valence electrons. The van der Waals surface area contributed by atoms with Crippen LogP contribution in [0.25, 0.3) is 5.52 Å². The van der Waals surface area contributed by atoms with Gasteiger partial charge < -0.3 is 14.8 Å². The standard InChI is InChI=1S/C18H18BrN3O3/c1-3-25-18(23)15-10-21-22-11-13(19)8-16(17(15)22)20-9-12-4-6-14(24-2)7-5-12/h4-8,10-11,20H,3,9H2,1-2H3. The predicted molar refractivity (Wildman–Crippen MR) is 99.2 cm³/mol. The van der Waals surface area contributed by atoms with Crippen LogP contribution in [0.1, 0.15) is 22.8 Å². The van der Waals surface area contributed by atoms with Crippen LogP contribution in [-0.2, 0) is 11.3 Å². The van der Waals surface area contributed by atoms with Crippen molar-refractivity contribution in [3.63, 3.8) is 0 Å². The number of anilines is 1. The van der Waals surface area contributed by atoms with Crippen LogP contribution in [0.3, 0.4) is 0 Å². The first-order valence-electron chi connectivity index (χ1n) is 7.83. The van der Waals surface area contributed by atoms with E-state index in [2.05, 4.69) is 26.3 Å². The molecule has 2 heterocycles. The predicted octanol–water partition coefficient (Wildman–Crippen LogP) is 3.89. The van der Waals surface area contributed by atoms with Gasteiger partial charge in [0.25, 0.3) is 0 Å². The number of fused-ring (bicyclic) bond motifs is 1. The Kier molecular flexibility index (Phi) is 5.23. The lowest BCUT2D eigenvalue weighted by atomic mass is 10.2. The van der Waals surface area contributed by atoms with E-state index in [0.29, 0.717) is 24.2 Å². The minimum Gasteiger partial charge on any atom is -0.497 e. The van der Waals surface area contributed by atoms with Crippen molar-refractivity contribution in [2.75, 3.05) is 19.0 Å². The number of carbonyl (C=O) groups is 1. The molecule has 0 fully saturated rings. The van der Waals surface area contributed by atoms with Gasteiger partial charge in [0.2, 0.25) is 0 Å². The molecule has 0 saturated carbocycles. The average Bonchev–Trinajstić information content (AvgIpc) is 3.04. The molecule has 6 nitrogen and oxygen atoms in total. The molecule has 0 radical (unpaired) electrons. The first kappa shape index (κ1) is 17.3. The molecule has 0 unspecified atom stereocenters. The number of nitrogens with zero attached hydrogens (tertiary/aromatic N) is 2. The van der Waals surface area contributed by atoms with Gasteiger partial charge in [-0.2, -0.15) is 5.10 Å². The van der Waals surface area contributed by atoms with Gasteiger partial charge in [-0.1, -0.05) is 12.1 Å². The summed E-state index contributed by atoms with van der Waals surface area (Å²) in [5.41, 5.74) is 3.02. The Morgan fingerprint density at radius 1 is 1.32 bits per heavy atom. The zero-order valence-electron chi connectivity index (χ0n) is 14.0. The third kappa shape index (κ3) is 3.76. The zero-order chi connectivity index (χ0) is 17.8. The van der Waals surface area contributed by atoms with Crippen LogP contribution in [0.4, 0.5) is 5.69 Å². The van der Waals surface area contributed by atoms with Crippen LogP contribution in [0.2, 0.25) is 0 Å². The molecule has 1 N–H and O–H groups in total. The lowest BCUT2D eigenvalue weighted by molar-refractivity contribution is 0.0528. The topological polar surface area (TPSA) is 64.9 Å². The first-order chi connectivity index (χ1) is 12.1. The molecule has 1 aromatic carbocycles. The normalized spacial score (nSPS) is 10.7. The fourth-order valence-electron chi connectivity index (χ4n) is 2.52. The molecule has 2 aromatic heterocycles. The number of benzene rings is 1. The highest BCUT2D eigenvalue weighted by Crippen LogP contribution is 2.26. The van der Waals surface area contributed by atoms with E-state index in [1.165, 1.54) is 6.20 Å². The summed E-state index contributed by atoms with van der Waals surface area (Å²) < 4.78 is 12.8. The minimum atomic E-state index is -0.382. The lowest BCUT2D eigenvalue weighted by Crippen LogP contribution is -2.07. The molecule has 3 rings (SSSR count). The number of rotatable bonds is 6. The molecule has 0 aliphatic rings. The second-order valence-corrected chi connectivity index (χ2v) is 6.26. The number of hydrogen-bond acceptors (Lipinski definition) is 5. The van der Waals surface area contributed by atoms with Crippen molar-refractivity contribution in [3.05, 3.63) is 58.3 Å². The number of nitrogens with one attached hydrogen (secondary N) is 1. The van der Waals surface area contributed by atoms with E-state index in [9.17, 15) is 4.79 Å². The second-order valence-electron chi connectivity index (χ2n) is 5.35. The van der Waals surface area contributed by atoms with E-state index >= 15 is 0 Å². The van der Waals surface area contributed by atoms with E-state index < -0.39 is 0 Å². The zero-order valence-corrected chi connectivity index (χ0v) is 15.5. The highest BCUT2D eigenvalue weighted by molar-refractivity contribution is 9.10. The number of halogens is 1. The van der Waals surface area contributed by atoms with Crippen LogP contribution in [0, 0.1) is 0 Å². The first-order valence-corrected chi connectivity index (χ1v) is 8.62. The quantitative estimate of drug-likeness (QED) is 0.632. The highest BCUT2D eigenvalue weighted by Gasteiger charge is 2.17. The van der Waals surface area contributed by atoms with E-state index in [0.717, 1.165) is 21.5 Å². The number of methoxy groups -OCH3 is 1. The molecule has 7 heteroatoms. The van der Waals surface area contributed by atoms with Gasteiger partial charge in [0.1, 0.15) is 16.8 Å². The third-order valence-electron chi connectivity index (χ3n) is 3.72. The number of pyridine rings is 1. The van der Waals surface area contributed by atoms with Gasteiger partial charge in [0.15, 0.2) is 0 Å². The van der Waals surface area contributed by atoms with Crippen LogP contribution in [0.15, 0.2) is 47.2 Å². The van der Waals surface area contributed by atoms with Gasteiger partial charge in [-0.15, -0.1) is 0 Å². The smallest absolute Gasteiger partial charge is 0.342 e. The summed E-state index contributed by atoms with van der Waals surface area (Å²) >= 11 is 3.47. The van der Waals surface area contributed by atoms with Gasteiger partial charge >= 0.3 is 5.97 Å². The Balaban J connectivity index is 1.91. The molecule has 0 spiro atoms. The van der Waals surface area contributed by atoms with Crippen LogP contribution in [-0.4, -0.2) is 29.3 Å². The Morgan fingerprint density at radius 2 is 2.08 bits per heavy atom. The number of hydrogen-bond donors (Lipinski definition) is 1. The Morgan fingerprint density at radius 3 is 2.76 bits per heavy atom. The summed E-state index contributed by atoms with van der Waals surface area (Å²) in [6.45, 7) is 2.70. The maximum absolute atomic E-state index is 12.2. The largest absolute Gasteiger partial charge is 0.497 e. The maximum atomic E-state index is 12.2. The number of aromatic nitrogens is 2. The molecule has 0 bridgehead atoms. The van der Waals surface area contributed by atoms with Gasteiger partial charge in [-0.25, -0.2) is 9.31 Å². The molecule has 0 amide bonds. The van der Waals surface area contributed by atoms with Gasteiger partial charge in [0.05, 0.1) is 25.6 Å². The van der Waals surface area contributed by atoms with Gasteiger partial charge in [-0.05, 0) is 46.6 Å². The summed E-state index contributed by atoms with van der Waals surface area (Å²) in [4.78, 5) is 12.2. The fourth-order valence-corrected chi connectivity index (χ4v) is 2.95. The molecular weight excluding hydrogens is 386 g/mol. The van der Waals surface area contributed by atoms with E-state index in [-0.39, 0.29) is 5.97 Å². The molecule has 25 heavy (non-hydrogen) atoms. The third-order valence-corrected chi connectivity index (χ3v) is 4.15. The number of ether oxygens (including phenoxy) is 2. The van der Waals surface area contributed by atoms with Crippen LogP contribution in [0.5, 0.6) is 5.75 Å². The molecular formula is C18H18BrN3O3. The number of esters is 1. The van der Waals surface area contributed by atoms with Crippen molar-refractivity contribution in [1.29, 1.82) is 0 Å². The monoisotopic (exact) mass is 403 g/mol. The lowest BCUT2D eigenvalue weighted by Gasteiger charge is -2.11. The minimum absolute atomic E-state index is 0.321. The summed E-state index contributed by atoms with van der Waals surface area (Å²) in [6.07, 6.45) is 3.33. The summed E-state index contributed by atoms with van der Waals surface area (Å²) in [6, 6.07) is 9.73.